The topological polar surface area (TPSA) is 75.4 Å². The lowest BCUT2D eigenvalue weighted by molar-refractivity contribution is -0.140. The Balaban J connectivity index is 1.76. The molecule has 1 aliphatic heterocycles. The van der Waals surface area contributed by atoms with Crippen LogP contribution in [0.2, 0.25) is 0 Å². The summed E-state index contributed by atoms with van der Waals surface area (Å²) in [4.78, 5) is 29.5. The highest BCUT2D eigenvalue weighted by atomic mass is 32.2. The summed E-state index contributed by atoms with van der Waals surface area (Å²) in [5, 5.41) is 8.98. The van der Waals surface area contributed by atoms with Gasteiger partial charge in [-0.25, -0.2) is 9.37 Å². The number of hydrogen-bond donors (Lipinski definition) is 1. The van der Waals surface area contributed by atoms with Gasteiger partial charge in [-0.2, -0.15) is 0 Å². The zero-order valence-electron chi connectivity index (χ0n) is 14.9. The minimum Gasteiger partial charge on any atom is -0.480 e. The molecule has 1 saturated heterocycles. The first-order chi connectivity index (χ1) is 13.9. The van der Waals surface area contributed by atoms with Crippen LogP contribution in [0.25, 0.3) is 17.1 Å². The molecule has 9 heteroatoms. The van der Waals surface area contributed by atoms with Crippen molar-refractivity contribution in [1.82, 2.24) is 14.5 Å². The van der Waals surface area contributed by atoms with E-state index in [4.69, 9.17) is 17.3 Å². The SMILES string of the molecule is O=C(O)CN1C(=O)/C(=C/c2nc3ccccc3n2Cc2cccc(F)c2)SC1=S. The van der Waals surface area contributed by atoms with E-state index >= 15 is 0 Å². The molecule has 1 fully saturated rings. The van der Waals surface area contributed by atoms with Crippen LogP contribution in [-0.4, -0.2) is 42.3 Å². The number of carboxylic acid groups (broad SMARTS) is 1. The van der Waals surface area contributed by atoms with Crippen LogP contribution in [0.5, 0.6) is 0 Å². The monoisotopic (exact) mass is 427 g/mol. The van der Waals surface area contributed by atoms with Crippen molar-refractivity contribution in [2.75, 3.05) is 6.54 Å². The molecular formula is C20H14FN3O3S2. The highest BCUT2D eigenvalue weighted by molar-refractivity contribution is 8.26. The van der Waals surface area contributed by atoms with Crippen molar-refractivity contribution in [3.63, 3.8) is 0 Å². The highest BCUT2D eigenvalue weighted by Crippen LogP contribution is 2.33. The lowest BCUT2D eigenvalue weighted by Gasteiger charge is -2.10. The van der Waals surface area contributed by atoms with Gasteiger partial charge in [0, 0.05) is 12.6 Å². The van der Waals surface area contributed by atoms with Gasteiger partial charge in [-0.15, -0.1) is 0 Å². The summed E-state index contributed by atoms with van der Waals surface area (Å²) in [6.45, 7) is -0.124. The van der Waals surface area contributed by atoms with E-state index < -0.39 is 18.4 Å². The van der Waals surface area contributed by atoms with Gasteiger partial charge >= 0.3 is 5.97 Å². The smallest absolute Gasteiger partial charge is 0.323 e. The van der Waals surface area contributed by atoms with E-state index in [2.05, 4.69) is 4.98 Å². The molecule has 3 aromatic rings. The Morgan fingerprint density at radius 3 is 2.79 bits per heavy atom. The molecule has 0 unspecified atom stereocenters. The van der Waals surface area contributed by atoms with E-state index in [-0.39, 0.29) is 10.1 Å². The molecule has 146 valence electrons. The molecule has 0 bridgehead atoms. The van der Waals surface area contributed by atoms with Crippen LogP contribution >= 0.6 is 24.0 Å². The van der Waals surface area contributed by atoms with Gasteiger partial charge in [-0.3, -0.25) is 14.5 Å². The highest BCUT2D eigenvalue weighted by Gasteiger charge is 2.33. The fourth-order valence-electron chi connectivity index (χ4n) is 3.08. The van der Waals surface area contributed by atoms with Gasteiger partial charge in [-0.05, 0) is 29.8 Å². The van der Waals surface area contributed by atoms with E-state index in [1.54, 1.807) is 12.1 Å². The van der Waals surface area contributed by atoms with Crippen molar-refractivity contribution < 1.29 is 19.1 Å². The lowest BCUT2D eigenvalue weighted by atomic mass is 10.2. The second-order valence-corrected chi connectivity index (χ2v) is 8.01. The molecule has 1 amide bonds. The number of nitrogens with zero attached hydrogens (tertiary/aromatic N) is 3. The molecule has 4 rings (SSSR count). The Bertz CT molecular complexity index is 1190. The second-order valence-electron chi connectivity index (χ2n) is 6.34. The van der Waals surface area contributed by atoms with Gasteiger partial charge < -0.3 is 9.67 Å². The van der Waals surface area contributed by atoms with Crippen LogP contribution in [0.1, 0.15) is 11.4 Å². The maximum atomic E-state index is 13.6. The fraction of sp³-hybridized carbons (Fsp3) is 0.100. The fourth-order valence-corrected chi connectivity index (χ4v) is 4.30. The number of benzene rings is 2. The zero-order chi connectivity index (χ0) is 20.5. The van der Waals surface area contributed by atoms with Crippen LogP contribution in [0.3, 0.4) is 0 Å². The number of para-hydroxylation sites is 2. The number of carbonyl (C=O) groups is 2. The molecule has 1 aliphatic rings. The number of amides is 1. The Morgan fingerprint density at radius 1 is 1.24 bits per heavy atom. The lowest BCUT2D eigenvalue weighted by Crippen LogP contribution is -2.33. The number of thiocarbonyl (C=S) groups is 1. The summed E-state index contributed by atoms with van der Waals surface area (Å²) in [5.41, 5.74) is 2.32. The van der Waals surface area contributed by atoms with Crippen molar-refractivity contribution >= 4 is 57.3 Å². The average Bonchev–Trinajstić information content (AvgIpc) is 3.14. The summed E-state index contributed by atoms with van der Waals surface area (Å²) in [6.07, 6.45) is 1.60. The number of carboxylic acids is 1. The number of rotatable bonds is 5. The number of aromatic nitrogens is 2. The maximum absolute atomic E-state index is 13.6. The molecule has 0 radical (unpaired) electrons. The van der Waals surface area contributed by atoms with Gasteiger partial charge in [-0.1, -0.05) is 48.2 Å². The maximum Gasteiger partial charge on any atom is 0.323 e. The molecule has 29 heavy (non-hydrogen) atoms. The van der Waals surface area contributed by atoms with Gasteiger partial charge in [0.2, 0.25) is 0 Å². The number of imidazole rings is 1. The predicted molar refractivity (Wildman–Crippen MR) is 113 cm³/mol. The molecule has 0 spiro atoms. The summed E-state index contributed by atoms with van der Waals surface area (Å²) < 4.78 is 15.7. The van der Waals surface area contributed by atoms with Crippen molar-refractivity contribution in [1.29, 1.82) is 0 Å². The molecule has 6 nitrogen and oxygen atoms in total. The van der Waals surface area contributed by atoms with Gasteiger partial charge in [0.25, 0.3) is 5.91 Å². The van der Waals surface area contributed by atoms with E-state index in [9.17, 15) is 14.0 Å². The minimum absolute atomic E-state index is 0.191. The number of hydrogen-bond acceptors (Lipinski definition) is 5. The van der Waals surface area contributed by atoms with Crippen LogP contribution in [0.4, 0.5) is 4.39 Å². The van der Waals surface area contributed by atoms with Crippen LogP contribution in [-0.2, 0) is 16.1 Å². The van der Waals surface area contributed by atoms with Gasteiger partial charge in [0.05, 0.1) is 15.9 Å². The third-order valence-corrected chi connectivity index (χ3v) is 5.72. The van der Waals surface area contributed by atoms with Crippen molar-refractivity contribution in [3.8, 4) is 0 Å². The number of aliphatic carboxylic acids is 1. The Kier molecular flexibility index (Phi) is 5.16. The van der Waals surface area contributed by atoms with Gasteiger partial charge in [0.1, 0.15) is 22.5 Å². The molecular weight excluding hydrogens is 413 g/mol. The first kappa shape index (κ1) is 19.3. The second kappa shape index (κ2) is 7.76. The van der Waals surface area contributed by atoms with Gasteiger partial charge in [0.15, 0.2) is 0 Å². The Labute approximate surface area is 174 Å². The molecule has 0 saturated carbocycles. The third-order valence-electron chi connectivity index (χ3n) is 4.34. The third kappa shape index (κ3) is 3.92. The zero-order valence-corrected chi connectivity index (χ0v) is 16.5. The quantitative estimate of drug-likeness (QED) is 0.496. The van der Waals surface area contributed by atoms with E-state index in [0.717, 1.165) is 33.3 Å². The molecule has 0 aliphatic carbocycles. The normalized spacial score (nSPS) is 15.6. The standard InChI is InChI=1S/C20H14FN3O3S2/c21-13-5-3-4-12(8-13)10-23-15-7-2-1-6-14(15)22-17(23)9-16-19(27)24(11-18(25)26)20(28)29-16/h1-9H,10-11H2,(H,25,26)/b16-9-. The average molecular weight is 427 g/mol. The summed E-state index contributed by atoms with van der Waals surface area (Å²) in [6, 6.07) is 13.8. The first-order valence-corrected chi connectivity index (χ1v) is 9.82. The summed E-state index contributed by atoms with van der Waals surface area (Å²) in [5.74, 6) is -1.43. The Hall–Kier alpha value is -3.04. The van der Waals surface area contributed by atoms with Crippen molar-refractivity contribution in [2.45, 2.75) is 6.54 Å². The Morgan fingerprint density at radius 2 is 2.03 bits per heavy atom. The van der Waals surface area contributed by atoms with Crippen LogP contribution < -0.4 is 0 Å². The molecule has 0 atom stereocenters. The molecule has 1 aromatic heterocycles. The van der Waals surface area contributed by atoms with E-state index in [1.807, 2.05) is 34.9 Å². The molecule has 1 N–H and O–H groups in total. The summed E-state index contributed by atoms with van der Waals surface area (Å²) >= 11 is 6.18. The molecule has 2 heterocycles. The minimum atomic E-state index is -1.14. The first-order valence-electron chi connectivity index (χ1n) is 8.59. The number of halogens is 1. The van der Waals surface area contributed by atoms with Crippen molar-refractivity contribution in [2.24, 2.45) is 0 Å². The number of carbonyl (C=O) groups excluding carboxylic acids is 1. The molecule has 2 aromatic carbocycles. The largest absolute Gasteiger partial charge is 0.480 e. The summed E-state index contributed by atoms with van der Waals surface area (Å²) in [7, 11) is 0. The van der Waals surface area contributed by atoms with Crippen LogP contribution in [0, 0.1) is 5.82 Å². The van der Waals surface area contributed by atoms with E-state index in [1.165, 1.54) is 12.1 Å². The number of thioether (sulfide) groups is 1. The van der Waals surface area contributed by atoms with Crippen LogP contribution in [0.15, 0.2) is 53.4 Å². The van der Waals surface area contributed by atoms with Crippen molar-refractivity contribution in [3.05, 3.63) is 70.6 Å². The number of fused-ring (bicyclic) bond motifs is 1. The van der Waals surface area contributed by atoms with E-state index in [0.29, 0.717) is 17.3 Å². The predicted octanol–water partition coefficient (Wildman–Crippen LogP) is 3.51.